The van der Waals surface area contributed by atoms with Gasteiger partial charge in [-0.05, 0) is 0 Å². The first-order valence-corrected chi connectivity index (χ1v) is 19.6. The number of benzene rings is 4. The molecule has 2 aliphatic rings. The molecule has 0 radical (unpaired) electrons. The number of fused-ring (bicyclic) bond motifs is 3. The van der Waals surface area contributed by atoms with Crippen molar-refractivity contribution in [3.05, 3.63) is 149 Å². The molecule has 0 aromatic heterocycles. The van der Waals surface area contributed by atoms with Crippen molar-refractivity contribution in [2.75, 3.05) is 0 Å². The maximum Gasteiger partial charge on any atom is -1.00 e. The van der Waals surface area contributed by atoms with E-state index < -0.39 is 21.3 Å². The van der Waals surface area contributed by atoms with Crippen LogP contribution in [0.4, 0.5) is 0 Å². The van der Waals surface area contributed by atoms with Gasteiger partial charge in [-0.1, -0.05) is 0 Å². The van der Waals surface area contributed by atoms with E-state index in [2.05, 4.69) is 139 Å². The quantitative estimate of drug-likeness (QED) is 0.255. The minimum Gasteiger partial charge on any atom is -1.00 e. The van der Waals surface area contributed by atoms with Crippen molar-refractivity contribution in [1.29, 1.82) is 0 Å². The van der Waals surface area contributed by atoms with Crippen LogP contribution >= 0.6 is 23.2 Å². The third-order valence-electron chi connectivity index (χ3n) is 8.86. The molecule has 0 spiro atoms. The Morgan fingerprint density at radius 2 is 1.16 bits per heavy atom. The van der Waals surface area contributed by atoms with Crippen LogP contribution in [0.2, 0.25) is 10.0 Å². The second-order valence-electron chi connectivity index (χ2n) is 12.9. The summed E-state index contributed by atoms with van der Waals surface area (Å²) in [7, 11) is 0. The maximum atomic E-state index is 6.47. The average molecular weight is 740 g/mol. The molecular formula is C39H38Cl4Zr. The van der Waals surface area contributed by atoms with Gasteiger partial charge in [-0.15, -0.1) is 0 Å². The van der Waals surface area contributed by atoms with E-state index in [1.807, 2.05) is 0 Å². The Morgan fingerprint density at radius 1 is 0.705 bits per heavy atom. The van der Waals surface area contributed by atoms with Crippen molar-refractivity contribution >= 4 is 26.4 Å². The summed E-state index contributed by atoms with van der Waals surface area (Å²) in [5.41, 5.74) is 12.6. The fourth-order valence-corrected chi connectivity index (χ4v) is 16.7. The van der Waals surface area contributed by atoms with Gasteiger partial charge in [-0.2, -0.15) is 0 Å². The molecule has 0 heterocycles. The normalized spacial score (nSPS) is 15.2. The van der Waals surface area contributed by atoms with E-state index in [-0.39, 0.29) is 30.2 Å². The van der Waals surface area contributed by atoms with Gasteiger partial charge < -0.3 is 24.8 Å². The van der Waals surface area contributed by atoms with Crippen LogP contribution in [0.1, 0.15) is 71.1 Å². The first-order chi connectivity index (χ1) is 20.0. The number of hydrogen-bond donors (Lipinski definition) is 0. The molecule has 0 N–H and O–H groups in total. The summed E-state index contributed by atoms with van der Waals surface area (Å²) in [5.74, 6) is 0.449. The molecule has 4 aromatic carbocycles. The van der Waals surface area contributed by atoms with Gasteiger partial charge in [0, 0.05) is 0 Å². The number of allylic oxidation sites excluding steroid dienone is 4. The van der Waals surface area contributed by atoms with Crippen molar-refractivity contribution in [3.63, 3.8) is 0 Å². The third kappa shape index (κ3) is 6.70. The monoisotopic (exact) mass is 736 g/mol. The zero-order chi connectivity index (χ0) is 29.8. The van der Waals surface area contributed by atoms with Gasteiger partial charge in [0.05, 0.1) is 0 Å². The Hall–Kier alpha value is -1.73. The number of rotatable bonds is 5. The first-order valence-electron chi connectivity index (χ1n) is 15.0. The van der Waals surface area contributed by atoms with E-state index in [1.165, 1.54) is 53.3 Å². The zero-order valence-electron chi connectivity index (χ0n) is 26.1. The van der Waals surface area contributed by atoms with Crippen LogP contribution in [0.3, 0.4) is 0 Å². The van der Waals surface area contributed by atoms with Gasteiger partial charge in [0.15, 0.2) is 0 Å². The molecule has 1 atom stereocenters. The fraction of sp³-hybridized carbons (Fsp3) is 0.256. The fourth-order valence-electron chi connectivity index (χ4n) is 6.69. The smallest absolute Gasteiger partial charge is 1.00 e. The van der Waals surface area contributed by atoms with Crippen molar-refractivity contribution in [3.8, 4) is 11.1 Å². The van der Waals surface area contributed by atoms with Crippen LogP contribution in [0.5, 0.6) is 0 Å². The molecule has 0 amide bonds. The minimum absolute atomic E-state index is 0. The van der Waals surface area contributed by atoms with Crippen molar-refractivity contribution in [1.82, 2.24) is 0 Å². The van der Waals surface area contributed by atoms with E-state index >= 15 is 0 Å². The molecule has 4 aromatic rings. The van der Waals surface area contributed by atoms with Gasteiger partial charge in [0.2, 0.25) is 0 Å². The standard InChI is InChI=1S/C15H13.C13H8Cl2.C11H17.2ClH.Zr/c1-10-3-5-14-12(7-10)9-13-8-11(2)4-6-15(13)14;14-12-5-1-10(2-6-12)9-11-3-7-13(15)8-4-11;1-5-9-6-7-10(8-9)11(2,3)4;;;/h3-9H,1-2H3;1-8H;7-9H,5H2,1-4H3;2*1H;/q;;;;;+2/p-2. The minimum atomic E-state index is -2.88. The van der Waals surface area contributed by atoms with E-state index in [9.17, 15) is 0 Å². The number of halogens is 4. The van der Waals surface area contributed by atoms with Crippen LogP contribution in [-0.2, 0) is 21.3 Å². The molecule has 1 unspecified atom stereocenters. The largest absolute Gasteiger partial charge is 1.00 e. The topological polar surface area (TPSA) is 0 Å². The molecule has 0 fully saturated rings. The summed E-state index contributed by atoms with van der Waals surface area (Å²) < 4.78 is 3.58. The number of aryl methyl sites for hydroxylation is 2. The van der Waals surface area contributed by atoms with Gasteiger partial charge in [-0.3, -0.25) is 0 Å². The molecular weight excluding hydrogens is 701 g/mol. The molecule has 226 valence electrons. The van der Waals surface area contributed by atoms with E-state index in [0.717, 1.165) is 16.5 Å². The van der Waals surface area contributed by atoms with Gasteiger partial charge >= 0.3 is 271 Å². The van der Waals surface area contributed by atoms with E-state index in [1.54, 1.807) is 3.28 Å². The molecule has 2 aliphatic carbocycles. The second-order valence-corrected chi connectivity index (χ2v) is 19.9. The van der Waals surface area contributed by atoms with Crippen LogP contribution in [0.15, 0.2) is 106 Å². The number of hydrogen-bond acceptors (Lipinski definition) is 0. The summed E-state index contributed by atoms with van der Waals surface area (Å²) in [4.78, 5) is 0. The Balaban J connectivity index is 0.00000221. The molecule has 5 heteroatoms. The van der Waals surface area contributed by atoms with Gasteiger partial charge in [-0.25, -0.2) is 0 Å². The SMILES string of the molecule is CCC1C=C(C(C)(C)C)C=[C]1[Zr+2](=[C](c1ccc(Cl)cc1)c1ccc(Cl)cc1)[CH]1c2cc(C)ccc2-c2ccc(C)cc21.[Cl-].[Cl-]. The zero-order valence-corrected chi connectivity index (χ0v) is 31.6. The van der Waals surface area contributed by atoms with Crippen molar-refractivity contribution in [2.24, 2.45) is 11.3 Å². The molecule has 0 bridgehead atoms. The average Bonchev–Trinajstić information content (AvgIpc) is 3.52. The Kier molecular flexibility index (Phi) is 11.1. The summed E-state index contributed by atoms with van der Waals surface area (Å²) in [6, 6.07) is 31.4. The van der Waals surface area contributed by atoms with E-state index in [0.29, 0.717) is 9.54 Å². The third-order valence-corrected chi connectivity index (χ3v) is 17.8. The van der Waals surface area contributed by atoms with Crippen LogP contribution in [-0.4, -0.2) is 3.21 Å². The molecule has 6 rings (SSSR count). The Labute approximate surface area is 293 Å². The summed E-state index contributed by atoms with van der Waals surface area (Å²) in [5, 5.41) is 1.54. The molecule has 0 aliphatic heterocycles. The molecule has 0 saturated heterocycles. The van der Waals surface area contributed by atoms with Crippen molar-refractivity contribution < 1.29 is 46.1 Å². The second kappa shape index (κ2) is 13.9. The summed E-state index contributed by atoms with van der Waals surface area (Å²) >= 11 is 10.1. The summed E-state index contributed by atoms with van der Waals surface area (Å²) in [6.45, 7) is 13.9. The van der Waals surface area contributed by atoms with Gasteiger partial charge in [0.1, 0.15) is 0 Å². The van der Waals surface area contributed by atoms with Crippen LogP contribution in [0, 0.1) is 25.2 Å². The predicted octanol–water partition coefficient (Wildman–Crippen LogP) is 5.47. The van der Waals surface area contributed by atoms with Crippen LogP contribution < -0.4 is 24.8 Å². The Bertz CT molecular complexity index is 1670. The maximum absolute atomic E-state index is 6.47. The Morgan fingerprint density at radius 3 is 1.57 bits per heavy atom. The first kappa shape index (κ1) is 35.1. The summed E-state index contributed by atoms with van der Waals surface area (Å²) in [6.07, 6.45) is 6.32. The molecule has 0 saturated carbocycles. The molecule has 44 heavy (non-hydrogen) atoms. The molecule has 0 nitrogen and oxygen atoms in total. The van der Waals surface area contributed by atoms with Crippen LogP contribution in [0.25, 0.3) is 11.1 Å². The van der Waals surface area contributed by atoms with E-state index in [4.69, 9.17) is 23.2 Å². The van der Waals surface area contributed by atoms with Gasteiger partial charge in [0.25, 0.3) is 0 Å². The van der Waals surface area contributed by atoms with Crippen molar-refractivity contribution in [2.45, 2.75) is 51.6 Å². The predicted molar refractivity (Wildman–Crippen MR) is 179 cm³/mol.